The molecule has 0 atom stereocenters. The second-order valence-electron chi connectivity index (χ2n) is 6.96. The number of carbonyl (C=O) groups is 2. The Labute approximate surface area is 177 Å². The molecule has 0 unspecified atom stereocenters. The van der Waals surface area contributed by atoms with E-state index in [1.165, 1.54) is 24.3 Å². The van der Waals surface area contributed by atoms with E-state index in [2.05, 4.69) is 5.32 Å². The molecule has 0 radical (unpaired) electrons. The second kappa shape index (κ2) is 8.79. The second-order valence-corrected chi connectivity index (χ2v) is 6.96. The maximum absolute atomic E-state index is 13.9. The smallest absolute Gasteiger partial charge is 0.329 e. The molecule has 5 nitrogen and oxygen atoms in total. The Kier molecular flexibility index (Phi) is 5.75. The van der Waals surface area contributed by atoms with Crippen LogP contribution in [0.1, 0.15) is 16.7 Å². The molecule has 156 valence electrons. The molecular weight excluding hydrogens is 402 g/mol. The molecule has 31 heavy (non-hydrogen) atoms. The molecule has 3 amide bonds. The average molecular weight is 420 g/mol. The lowest BCUT2D eigenvalue weighted by atomic mass is 10.1. The third-order valence-corrected chi connectivity index (χ3v) is 4.76. The fourth-order valence-corrected chi connectivity index (χ4v) is 3.09. The van der Waals surface area contributed by atoms with Crippen molar-refractivity contribution in [1.82, 2.24) is 10.2 Å². The number of carbonyl (C=O) groups excluding carboxylic acids is 2. The first-order valence-corrected chi connectivity index (χ1v) is 9.55. The van der Waals surface area contributed by atoms with E-state index >= 15 is 0 Å². The number of nitrogens with one attached hydrogen (secondary N) is 1. The Morgan fingerprint density at radius 1 is 0.903 bits per heavy atom. The molecule has 3 aromatic carbocycles. The van der Waals surface area contributed by atoms with Gasteiger partial charge in [-0.15, -0.1) is 0 Å². The van der Waals surface area contributed by atoms with E-state index in [4.69, 9.17) is 4.74 Å². The highest BCUT2D eigenvalue weighted by Gasteiger charge is 2.33. The molecule has 4 rings (SSSR count). The molecule has 0 aliphatic carbocycles. The molecule has 1 fully saturated rings. The summed E-state index contributed by atoms with van der Waals surface area (Å²) in [5.74, 6) is -0.696. The van der Waals surface area contributed by atoms with Crippen molar-refractivity contribution in [3.63, 3.8) is 0 Å². The molecule has 1 aliphatic rings. The number of benzene rings is 3. The third kappa shape index (κ3) is 4.78. The summed E-state index contributed by atoms with van der Waals surface area (Å²) in [6, 6.07) is 18.4. The highest BCUT2D eigenvalue weighted by atomic mass is 19.1. The summed E-state index contributed by atoms with van der Waals surface area (Å²) < 4.78 is 32.5. The molecule has 7 heteroatoms. The number of urea groups is 1. The van der Waals surface area contributed by atoms with Crippen LogP contribution in [0.3, 0.4) is 0 Å². The van der Waals surface area contributed by atoms with Gasteiger partial charge in [0.2, 0.25) is 0 Å². The summed E-state index contributed by atoms with van der Waals surface area (Å²) in [4.78, 5) is 25.7. The summed E-state index contributed by atoms with van der Waals surface area (Å²) >= 11 is 0. The summed E-state index contributed by atoms with van der Waals surface area (Å²) in [5.41, 5.74) is 1.89. The number of halogens is 2. The Morgan fingerprint density at radius 3 is 2.32 bits per heavy atom. The fraction of sp³-hybridized carbons (Fsp3) is 0.0833. The van der Waals surface area contributed by atoms with Crippen molar-refractivity contribution in [3.05, 3.63) is 107 Å². The molecule has 1 heterocycles. The van der Waals surface area contributed by atoms with Gasteiger partial charge in [0.15, 0.2) is 0 Å². The SMILES string of the molecule is O=C1NC(=Cc2ccc(OCc3ccc(F)cc3)cc2)C(=O)N1Cc1ccccc1F. The zero-order chi connectivity index (χ0) is 21.8. The van der Waals surface area contributed by atoms with Crippen LogP contribution in [0.15, 0.2) is 78.5 Å². The van der Waals surface area contributed by atoms with E-state index in [9.17, 15) is 18.4 Å². The molecule has 0 aromatic heterocycles. The van der Waals surface area contributed by atoms with Crippen LogP contribution in [0.2, 0.25) is 0 Å². The maximum Gasteiger partial charge on any atom is 0.329 e. The van der Waals surface area contributed by atoms with Crippen LogP contribution in [0.4, 0.5) is 13.6 Å². The lowest BCUT2D eigenvalue weighted by Gasteiger charge is -2.12. The zero-order valence-corrected chi connectivity index (χ0v) is 16.3. The lowest BCUT2D eigenvalue weighted by Crippen LogP contribution is -2.30. The van der Waals surface area contributed by atoms with Crippen LogP contribution in [0.25, 0.3) is 6.08 Å². The minimum atomic E-state index is -0.598. The standard InChI is InChI=1S/C24H18F2N2O3/c25-19-9-5-17(6-10-19)15-31-20-11-7-16(8-12-20)13-22-23(29)28(24(30)27-22)14-18-3-1-2-4-21(18)26/h1-13H,14-15H2,(H,27,30). The Hall–Kier alpha value is -4.00. The molecule has 1 aliphatic heterocycles. The minimum Gasteiger partial charge on any atom is -0.489 e. The van der Waals surface area contributed by atoms with Crippen LogP contribution in [-0.4, -0.2) is 16.8 Å². The van der Waals surface area contributed by atoms with Crippen LogP contribution in [-0.2, 0) is 17.9 Å². The predicted octanol–water partition coefficient (Wildman–Crippen LogP) is 4.64. The third-order valence-electron chi connectivity index (χ3n) is 4.76. The normalized spacial score (nSPS) is 14.8. The van der Waals surface area contributed by atoms with Crippen molar-refractivity contribution in [2.75, 3.05) is 0 Å². The van der Waals surface area contributed by atoms with E-state index < -0.39 is 17.8 Å². The number of nitrogens with zero attached hydrogens (tertiary/aromatic N) is 1. The van der Waals surface area contributed by atoms with Crippen molar-refractivity contribution in [3.8, 4) is 5.75 Å². The van der Waals surface area contributed by atoms with Crippen LogP contribution in [0.5, 0.6) is 5.75 Å². The number of ether oxygens (including phenoxy) is 1. The predicted molar refractivity (Wildman–Crippen MR) is 111 cm³/mol. The molecule has 1 saturated heterocycles. The van der Waals surface area contributed by atoms with Gasteiger partial charge in [0.25, 0.3) is 5.91 Å². The molecule has 1 N–H and O–H groups in total. The summed E-state index contributed by atoms with van der Waals surface area (Å²) in [6.45, 7) is 0.144. The van der Waals surface area contributed by atoms with Crippen molar-refractivity contribution < 1.29 is 23.1 Å². The average Bonchev–Trinajstić information content (AvgIpc) is 3.03. The van der Waals surface area contributed by atoms with Crippen LogP contribution < -0.4 is 10.1 Å². The number of imide groups is 1. The van der Waals surface area contributed by atoms with E-state index in [1.807, 2.05) is 0 Å². The first-order chi connectivity index (χ1) is 15.0. The summed E-state index contributed by atoms with van der Waals surface area (Å²) in [5, 5.41) is 2.52. The Balaban J connectivity index is 1.41. The monoisotopic (exact) mass is 420 g/mol. The fourth-order valence-electron chi connectivity index (χ4n) is 3.09. The maximum atomic E-state index is 13.9. The van der Waals surface area contributed by atoms with Crippen molar-refractivity contribution in [2.24, 2.45) is 0 Å². The van der Waals surface area contributed by atoms with E-state index in [-0.39, 0.29) is 23.6 Å². The molecule has 0 spiro atoms. The van der Waals surface area contributed by atoms with Gasteiger partial charge in [-0.25, -0.2) is 13.6 Å². The zero-order valence-electron chi connectivity index (χ0n) is 16.3. The van der Waals surface area contributed by atoms with Crippen LogP contribution >= 0.6 is 0 Å². The highest BCUT2D eigenvalue weighted by molar-refractivity contribution is 6.13. The highest BCUT2D eigenvalue weighted by Crippen LogP contribution is 2.20. The van der Waals surface area contributed by atoms with E-state index in [0.29, 0.717) is 17.9 Å². The van der Waals surface area contributed by atoms with Gasteiger partial charge in [-0.05, 0) is 47.5 Å². The Morgan fingerprint density at radius 2 is 1.61 bits per heavy atom. The van der Waals surface area contributed by atoms with Gasteiger partial charge in [0.1, 0.15) is 29.7 Å². The van der Waals surface area contributed by atoms with Gasteiger partial charge in [-0.2, -0.15) is 0 Å². The first kappa shape index (κ1) is 20.3. The van der Waals surface area contributed by atoms with Crippen molar-refractivity contribution >= 4 is 18.0 Å². The quantitative estimate of drug-likeness (QED) is 0.467. The number of hydrogen-bond donors (Lipinski definition) is 1. The van der Waals surface area contributed by atoms with Gasteiger partial charge >= 0.3 is 6.03 Å². The number of rotatable bonds is 6. The minimum absolute atomic E-state index is 0.112. The van der Waals surface area contributed by atoms with Gasteiger partial charge in [-0.3, -0.25) is 9.69 Å². The van der Waals surface area contributed by atoms with E-state index in [0.717, 1.165) is 10.5 Å². The molecule has 0 saturated carbocycles. The Bertz CT molecular complexity index is 1140. The van der Waals surface area contributed by atoms with Gasteiger partial charge in [0.05, 0.1) is 6.54 Å². The largest absolute Gasteiger partial charge is 0.489 e. The molecule has 3 aromatic rings. The van der Waals surface area contributed by atoms with Crippen molar-refractivity contribution in [2.45, 2.75) is 13.2 Å². The summed E-state index contributed by atoms with van der Waals surface area (Å²) in [6.07, 6.45) is 1.55. The van der Waals surface area contributed by atoms with Crippen molar-refractivity contribution in [1.29, 1.82) is 0 Å². The van der Waals surface area contributed by atoms with Crippen LogP contribution in [0, 0.1) is 11.6 Å². The first-order valence-electron chi connectivity index (χ1n) is 9.55. The summed E-state index contributed by atoms with van der Waals surface area (Å²) in [7, 11) is 0. The molecular formula is C24H18F2N2O3. The van der Waals surface area contributed by atoms with Gasteiger partial charge < -0.3 is 10.1 Å². The lowest BCUT2D eigenvalue weighted by molar-refractivity contribution is -0.123. The number of hydrogen-bond acceptors (Lipinski definition) is 3. The molecule has 0 bridgehead atoms. The number of amides is 3. The topological polar surface area (TPSA) is 58.6 Å². The van der Waals surface area contributed by atoms with Gasteiger partial charge in [-0.1, -0.05) is 42.5 Å². The van der Waals surface area contributed by atoms with E-state index in [1.54, 1.807) is 54.6 Å². The van der Waals surface area contributed by atoms with Gasteiger partial charge in [0, 0.05) is 5.56 Å².